The van der Waals surface area contributed by atoms with Gasteiger partial charge in [-0.1, -0.05) is 26.0 Å². The Balaban J connectivity index is 0.000000671. The number of benzene rings is 1. The van der Waals surface area contributed by atoms with Gasteiger partial charge in [-0.05, 0) is 24.1 Å². The molecule has 74 valence electrons. The molecule has 0 radical (unpaired) electrons. The Hall–Kier alpha value is -1.02. The number of methoxy groups -OCH3 is 1. The van der Waals surface area contributed by atoms with Crippen LogP contribution >= 0.6 is 0 Å². The lowest BCUT2D eigenvalue weighted by Crippen LogP contribution is -1.97. The molecule has 1 aromatic carbocycles. The minimum absolute atomic E-state index is 0.566. The smallest absolute Gasteiger partial charge is 0.122 e. The summed E-state index contributed by atoms with van der Waals surface area (Å²) >= 11 is 0. The lowest BCUT2D eigenvalue weighted by Gasteiger charge is -2.05. The van der Waals surface area contributed by atoms with Crippen LogP contribution in [0, 0.1) is 6.92 Å². The van der Waals surface area contributed by atoms with Crippen LogP contribution in [-0.4, -0.2) is 7.11 Å². The number of aryl methyl sites for hydroxylation is 1. The molecule has 2 nitrogen and oxygen atoms in total. The maximum absolute atomic E-state index is 5.47. The summed E-state index contributed by atoms with van der Waals surface area (Å²) in [5, 5.41) is 0. The first kappa shape index (κ1) is 12.0. The van der Waals surface area contributed by atoms with Crippen molar-refractivity contribution in [2.75, 3.05) is 7.11 Å². The Kier molecular flexibility index (Phi) is 5.98. The van der Waals surface area contributed by atoms with E-state index in [1.165, 1.54) is 0 Å². The highest BCUT2D eigenvalue weighted by atomic mass is 16.5. The molecule has 0 amide bonds. The van der Waals surface area contributed by atoms with Crippen LogP contribution in [0.4, 0.5) is 0 Å². The molecular formula is C11H19NO. The molecule has 0 saturated heterocycles. The summed E-state index contributed by atoms with van der Waals surface area (Å²) < 4.78 is 5.13. The van der Waals surface area contributed by atoms with Crippen LogP contribution in [0.5, 0.6) is 5.75 Å². The highest BCUT2D eigenvalue weighted by molar-refractivity contribution is 5.36. The van der Waals surface area contributed by atoms with Crippen molar-refractivity contribution in [1.82, 2.24) is 0 Å². The second kappa shape index (κ2) is 6.49. The van der Waals surface area contributed by atoms with Crippen LogP contribution in [-0.2, 0) is 6.54 Å². The van der Waals surface area contributed by atoms with Gasteiger partial charge in [-0.3, -0.25) is 0 Å². The first-order valence-corrected chi connectivity index (χ1v) is 4.61. The molecule has 0 aromatic heterocycles. The number of hydrogen-bond donors (Lipinski definition) is 1. The molecule has 2 heteroatoms. The van der Waals surface area contributed by atoms with Gasteiger partial charge in [0.1, 0.15) is 5.75 Å². The van der Waals surface area contributed by atoms with Gasteiger partial charge in [-0.15, -0.1) is 0 Å². The van der Waals surface area contributed by atoms with E-state index in [1.54, 1.807) is 7.11 Å². The van der Waals surface area contributed by atoms with Crippen molar-refractivity contribution in [3.05, 3.63) is 29.3 Å². The van der Waals surface area contributed by atoms with E-state index in [0.717, 1.165) is 16.9 Å². The Morgan fingerprint density at radius 2 is 1.92 bits per heavy atom. The number of rotatable bonds is 2. The summed E-state index contributed by atoms with van der Waals surface area (Å²) in [5.41, 5.74) is 7.72. The first-order chi connectivity index (χ1) is 6.27. The zero-order chi connectivity index (χ0) is 10.3. The monoisotopic (exact) mass is 181 g/mol. The zero-order valence-electron chi connectivity index (χ0n) is 8.92. The van der Waals surface area contributed by atoms with Crippen molar-refractivity contribution in [1.29, 1.82) is 0 Å². The third-order valence-electron chi connectivity index (χ3n) is 1.71. The maximum atomic E-state index is 5.47. The lowest BCUT2D eigenvalue weighted by molar-refractivity contribution is 0.411. The maximum Gasteiger partial charge on any atom is 0.122 e. The van der Waals surface area contributed by atoms with Crippen molar-refractivity contribution in [3.8, 4) is 5.75 Å². The summed E-state index contributed by atoms with van der Waals surface area (Å²) in [7, 11) is 1.67. The first-order valence-electron chi connectivity index (χ1n) is 4.61. The molecule has 1 aromatic rings. The third-order valence-corrected chi connectivity index (χ3v) is 1.71. The van der Waals surface area contributed by atoms with Gasteiger partial charge in [-0.2, -0.15) is 0 Å². The normalized spacial score (nSPS) is 8.69. The summed E-state index contributed by atoms with van der Waals surface area (Å²) in [6.07, 6.45) is 0. The van der Waals surface area contributed by atoms with Crippen LogP contribution in [0.2, 0.25) is 0 Å². The van der Waals surface area contributed by atoms with Crippen molar-refractivity contribution in [2.45, 2.75) is 27.3 Å². The van der Waals surface area contributed by atoms with E-state index in [0.29, 0.717) is 6.54 Å². The van der Waals surface area contributed by atoms with E-state index < -0.39 is 0 Å². The molecule has 0 atom stereocenters. The molecule has 0 aliphatic heterocycles. The second-order valence-corrected chi connectivity index (χ2v) is 2.51. The summed E-state index contributed by atoms with van der Waals surface area (Å²) in [6, 6.07) is 5.99. The Morgan fingerprint density at radius 1 is 1.31 bits per heavy atom. The molecule has 0 bridgehead atoms. The van der Waals surface area contributed by atoms with Crippen LogP contribution in [0.15, 0.2) is 18.2 Å². The highest BCUT2D eigenvalue weighted by Gasteiger charge is 1.97. The fraction of sp³-hybridized carbons (Fsp3) is 0.455. The van der Waals surface area contributed by atoms with Gasteiger partial charge < -0.3 is 10.5 Å². The predicted molar refractivity (Wildman–Crippen MR) is 57.0 cm³/mol. The van der Waals surface area contributed by atoms with E-state index in [4.69, 9.17) is 10.5 Å². The summed E-state index contributed by atoms with van der Waals surface area (Å²) in [6.45, 7) is 6.58. The number of ether oxygens (including phenoxy) is 1. The zero-order valence-corrected chi connectivity index (χ0v) is 8.92. The van der Waals surface area contributed by atoms with Crippen LogP contribution < -0.4 is 10.5 Å². The predicted octanol–water partition coefficient (Wildman–Crippen LogP) is 2.49. The fourth-order valence-electron chi connectivity index (χ4n) is 0.991. The van der Waals surface area contributed by atoms with E-state index in [1.807, 2.05) is 39.0 Å². The molecule has 0 saturated carbocycles. The van der Waals surface area contributed by atoms with E-state index in [2.05, 4.69) is 0 Å². The van der Waals surface area contributed by atoms with Crippen molar-refractivity contribution >= 4 is 0 Å². The quantitative estimate of drug-likeness (QED) is 0.760. The van der Waals surface area contributed by atoms with Gasteiger partial charge in [0, 0.05) is 6.54 Å². The SMILES string of the molecule is CC.COc1cc(CN)ccc1C. The Labute approximate surface area is 80.7 Å². The standard InChI is InChI=1S/C9H13NO.C2H6/c1-7-3-4-8(6-10)5-9(7)11-2;1-2/h3-5H,6,10H2,1-2H3;1-2H3. The van der Waals surface area contributed by atoms with E-state index in [9.17, 15) is 0 Å². The Morgan fingerprint density at radius 3 is 2.38 bits per heavy atom. The highest BCUT2D eigenvalue weighted by Crippen LogP contribution is 2.18. The van der Waals surface area contributed by atoms with E-state index in [-0.39, 0.29) is 0 Å². The molecule has 0 aliphatic carbocycles. The van der Waals surface area contributed by atoms with Crippen LogP contribution in [0.1, 0.15) is 25.0 Å². The van der Waals surface area contributed by atoms with Gasteiger partial charge >= 0.3 is 0 Å². The molecule has 0 spiro atoms. The average Bonchev–Trinajstić information content (AvgIpc) is 2.22. The van der Waals surface area contributed by atoms with Crippen LogP contribution in [0.3, 0.4) is 0 Å². The lowest BCUT2D eigenvalue weighted by atomic mass is 10.1. The van der Waals surface area contributed by atoms with Gasteiger partial charge in [0.2, 0.25) is 0 Å². The largest absolute Gasteiger partial charge is 0.496 e. The molecule has 0 heterocycles. The minimum Gasteiger partial charge on any atom is -0.496 e. The number of hydrogen-bond acceptors (Lipinski definition) is 2. The van der Waals surface area contributed by atoms with Crippen molar-refractivity contribution in [3.63, 3.8) is 0 Å². The molecule has 0 unspecified atom stereocenters. The molecule has 1 rings (SSSR count). The molecule has 13 heavy (non-hydrogen) atoms. The minimum atomic E-state index is 0.566. The number of nitrogens with two attached hydrogens (primary N) is 1. The molecule has 2 N–H and O–H groups in total. The van der Waals surface area contributed by atoms with Gasteiger partial charge in [0.15, 0.2) is 0 Å². The third kappa shape index (κ3) is 3.47. The van der Waals surface area contributed by atoms with Gasteiger partial charge in [-0.25, -0.2) is 0 Å². The van der Waals surface area contributed by atoms with Gasteiger partial charge in [0.25, 0.3) is 0 Å². The van der Waals surface area contributed by atoms with E-state index >= 15 is 0 Å². The molecular weight excluding hydrogens is 162 g/mol. The Bertz CT molecular complexity index is 246. The summed E-state index contributed by atoms with van der Waals surface area (Å²) in [5.74, 6) is 0.910. The fourth-order valence-corrected chi connectivity index (χ4v) is 0.991. The summed E-state index contributed by atoms with van der Waals surface area (Å²) in [4.78, 5) is 0. The van der Waals surface area contributed by atoms with Crippen LogP contribution in [0.25, 0.3) is 0 Å². The van der Waals surface area contributed by atoms with Crippen molar-refractivity contribution in [2.24, 2.45) is 5.73 Å². The molecule has 0 fully saturated rings. The molecule has 0 aliphatic rings. The topological polar surface area (TPSA) is 35.2 Å². The van der Waals surface area contributed by atoms with Gasteiger partial charge in [0.05, 0.1) is 7.11 Å². The van der Waals surface area contributed by atoms with Crippen molar-refractivity contribution < 1.29 is 4.74 Å². The average molecular weight is 181 g/mol. The second-order valence-electron chi connectivity index (χ2n) is 2.51.